The lowest BCUT2D eigenvalue weighted by atomic mass is 9.88. The van der Waals surface area contributed by atoms with E-state index in [0.29, 0.717) is 31.5 Å². The Balaban J connectivity index is 0.00000392. The number of guanidine groups is 1. The fourth-order valence-electron chi connectivity index (χ4n) is 3.58. The molecule has 1 saturated heterocycles. The van der Waals surface area contributed by atoms with Crippen molar-refractivity contribution in [3.8, 4) is 0 Å². The molecule has 0 aliphatic carbocycles. The molecule has 0 amide bonds. The van der Waals surface area contributed by atoms with Crippen molar-refractivity contribution >= 4 is 47.2 Å². The summed E-state index contributed by atoms with van der Waals surface area (Å²) in [6.45, 7) is 7.83. The van der Waals surface area contributed by atoms with Gasteiger partial charge in [0.05, 0.1) is 6.61 Å². The second kappa shape index (κ2) is 14.2. The van der Waals surface area contributed by atoms with Crippen molar-refractivity contribution in [1.29, 1.82) is 0 Å². The number of likely N-dealkylation sites (tertiary alicyclic amines) is 1. The average Bonchev–Trinajstić information content (AvgIpc) is 3.17. The van der Waals surface area contributed by atoms with E-state index in [4.69, 9.17) is 9.73 Å². The third-order valence-electron chi connectivity index (χ3n) is 4.83. The van der Waals surface area contributed by atoms with Crippen molar-refractivity contribution in [1.82, 2.24) is 15.5 Å². The van der Waals surface area contributed by atoms with Crippen LogP contribution in [0.4, 0.5) is 0 Å². The van der Waals surface area contributed by atoms with Gasteiger partial charge >= 0.3 is 5.97 Å². The van der Waals surface area contributed by atoms with E-state index in [9.17, 15) is 4.79 Å². The van der Waals surface area contributed by atoms with E-state index < -0.39 is 0 Å². The summed E-state index contributed by atoms with van der Waals surface area (Å²) >= 11 is 1.84. The smallest absolute Gasteiger partial charge is 0.305 e. The highest BCUT2D eigenvalue weighted by Crippen LogP contribution is 2.37. The highest BCUT2D eigenvalue weighted by atomic mass is 127. The van der Waals surface area contributed by atoms with Gasteiger partial charge in [-0.25, -0.2) is 0 Å². The standard InChI is InChI=1S/C20H34N4O2S.HI/c1-4-21-20(22-12-6-11-18(25)26-5-2)23-15-16-9-7-13-24(3)19(16)17-10-8-14-27-17;/h8,10,14,16,19H,4-7,9,11-13,15H2,1-3H3,(H2,21,22,23);1H. The average molecular weight is 522 g/mol. The van der Waals surface area contributed by atoms with Gasteiger partial charge in [0.2, 0.25) is 0 Å². The molecule has 0 spiro atoms. The summed E-state index contributed by atoms with van der Waals surface area (Å²) in [6, 6.07) is 4.83. The number of nitrogens with one attached hydrogen (secondary N) is 2. The van der Waals surface area contributed by atoms with E-state index in [0.717, 1.165) is 32.0 Å². The summed E-state index contributed by atoms with van der Waals surface area (Å²) in [5, 5.41) is 8.81. The number of hydrogen-bond acceptors (Lipinski definition) is 5. The molecule has 1 aliphatic rings. The molecule has 2 N–H and O–H groups in total. The molecule has 8 heteroatoms. The predicted octanol–water partition coefficient (Wildman–Crippen LogP) is 3.65. The van der Waals surface area contributed by atoms with Crippen LogP contribution in [0, 0.1) is 5.92 Å². The van der Waals surface area contributed by atoms with Crippen LogP contribution >= 0.6 is 35.3 Å². The van der Waals surface area contributed by atoms with E-state index in [1.165, 1.54) is 17.7 Å². The Morgan fingerprint density at radius 1 is 1.39 bits per heavy atom. The first-order valence-corrected chi connectivity index (χ1v) is 10.9. The lowest BCUT2D eigenvalue weighted by Gasteiger charge is -2.38. The number of hydrogen-bond donors (Lipinski definition) is 2. The van der Waals surface area contributed by atoms with E-state index in [1.54, 1.807) is 0 Å². The van der Waals surface area contributed by atoms with E-state index in [1.807, 2.05) is 18.3 Å². The zero-order valence-electron chi connectivity index (χ0n) is 17.3. The van der Waals surface area contributed by atoms with Crippen LogP contribution in [-0.4, -0.2) is 56.7 Å². The van der Waals surface area contributed by atoms with Gasteiger partial charge in [-0.1, -0.05) is 6.07 Å². The molecule has 1 aromatic rings. The number of rotatable bonds is 9. The first-order valence-electron chi connectivity index (χ1n) is 10.1. The van der Waals surface area contributed by atoms with Crippen LogP contribution in [0.25, 0.3) is 0 Å². The van der Waals surface area contributed by atoms with Gasteiger partial charge in [0.1, 0.15) is 0 Å². The lowest BCUT2D eigenvalue weighted by molar-refractivity contribution is -0.143. The van der Waals surface area contributed by atoms with E-state index >= 15 is 0 Å². The minimum absolute atomic E-state index is 0. The van der Waals surface area contributed by atoms with Gasteiger partial charge in [-0.15, -0.1) is 35.3 Å². The summed E-state index contributed by atoms with van der Waals surface area (Å²) in [4.78, 5) is 20.2. The molecular weight excluding hydrogens is 487 g/mol. The Bertz CT molecular complexity index is 583. The van der Waals surface area contributed by atoms with Crippen molar-refractivity contribution in [2.45, 2.75) is 45.6 Å². The Morgan fingerprint density at radius 3 is 2.89 bits per heavy atom. The maximum atomic E-state index is 11.4. The van der Waals surface area contributed by atoms with Crippen molar-refractivity contribution in [3.63, 3.8) is 0 Å². The Morgan fingerprint density at radius 2 is 2.21 bits per heavy atom. The highest BCUT2D eigenvalue weighted by molar-refractivity contribution is 14.0. The molecule has 1 aliphatic heterocycles. The molecule has 160 valence electrons. The number of aliphatic imine (C=N–C) groups is 1. The molecule has 0 aromatic carbocycles. The predicted molar refractivity (Wildman–Crippen MR) is 128 cm³/mol. The van der Waals surface area contributed by atoms with Crippen molar-refractivity contribution < 1.29 is 9.53 Å². The minimum atomic E-state index is -0.134. The summed E-state index contributed by atoms with van der Waals surface area (Å²) in [7, 11) is 2.22. The summed E-state index contributed by atoms with van der Waals surface area (Å²) in [5.74, 6) is 1.22. The molecule has 2 heterocycles. The second-order valence-electron chi connectivity index (χ2n) is 6.90. The SMILES string of the molecule is CCNC(=NCC1CCCN(C)C1c1cccs1)NCCCC(=O)OCC.I. The number of halogens is 1. The Labute approximate surface area is 190 Å². The first kappa shape index (κ1) is 25.2. The van der Waals surface area contributed by atoms with Crippen LogP contribution in [0.5, 0.6) is 0 Å². The molecule has 1 aromatic heterocycles. The number of carbonyl (C=O) groups excluding carboxylic acids is 1. The first-order chi connectivity index (χ1) is 13.2. The fourth-order valence-corrected chi connectivity index (χ4v) is 4.57. The molecule has 6 nitrogen and oxygen atoms in total. The molecule has 2 atom stereocenters. The molecular formula is C20H35IN4O2S. The molecule has 0 saturated carbocycles. The number of piperidine rings is 1. The molecule has 1 fully saturated rings. The molecule has 28 heavy (non-hydrogen) atoms. The quantitative estimate of drug-likeness (QED) is 0.171. The van der Waals surface area contributed by atoms with Crippen LogP contribution in [0.2, 0.25) is 0 Å². The summed E-state index contributed by atoms with van der Waals surface area (Å²) in [5.41, 5.74) is 0. The van der Waals surface area contributed by atoms with E-state index in [2.05, 4.69) is 47.0 Å². The Hall–Kier alpha value is -0.870. The molecule has 0 bridgehead atoms. The maximum absolute atomic E-state index is 11.4. The van der Waals surface area contributed by atoms with Crippen molar-refractivity contribution in [2.24, 2.45) is 10.9 Å². The zero-order chi connectivity index (χ0) is 19.5. The fraction of sp³-hybridized carbons (Fsp3) is 0.700. The second-order valence-corrected chi connectivity index (χ2v) is 7.88. The number of nitrogens with zero attached hydrogens (tertiary/aromatic N) is 2. The van der Waals surface area contributed by atoms with Crippen LogP contribution in [0.3, 0.4) is 0 Å². The Kier molecular flexibility index (Phi) is 12.7. The van der Waals surface area contributed by atoms with Crippen LogP contribution in [0.1, 0.15) is 50.4 Å². The number of carbonyl (C=O) groups is 1. The van der Waals surface area contributed by atoms with Crippen LogP contribution in [-0.2, 0) is 9.53 Å². The monoisotopic (exact) mass is 522 g/mol. The van der Waals surface area contributed by atoms with Gasteiger partial charge in [0, 0.05) is 37.0 Å². The summed E-state index contributed by atoms with van der Waals surface area (Å²) < 4.78 is 4.96. The third kappa shape index (κ3) is 8.24. The molecule has 0 radical (unpaired) electrons. The van der Waals surface area contributed by atoms with Gasteiger partial charge in [-0.3, -0.25) is 14.7 Å². The minimum Gasteiger partial charge on any atom is -0.466 e. The topological polar surface area (TPSA) is 66.0 Å². The number of ether oxygens (including phenoxy) is 1. The van der Waals surface area contributed by atoms with Gasteiger partial charge < -0.3 is 15.4 Å². The van der Waals surface area contributed by atoms with E-state index in [-0.39, 0.29) is 29.9 Å². The van der Waals surface area contributed by atoms with Gasteiger partial charge in [0.15, 0.2) is 5.96 Å². The molecule has 2 unspecified atom stereocenters. The number of thiophene rings is 1. The summed E-state index contributed by atoms with van der Waals surface area (Å²) in [6.07, 6.45) is 3.61. The third-order valence-corrected chi connectivity index (χ3v) is 5.77. The van der Waals surface area contributed by atoms with Crippen LogP contribution in [0.15, 0.2) is 22.5 Å². The van der Waals surface area contributed by atoms with Gasteiger partial charge in [-0.05, 0) is 64.1 Å². The number of esters is 1. The van der Waals surface area contributed by atoms with Gasteiger partial charge in [-0.2, -0.15) is 0 Å². The normalized spacial score (nSPS) is 20.3. The zero-order valence-corrected chi connectivity index (χ0v) is 20.4. The lowest BCUT2D eigenvalue weighted by Crippen LogP contribution is -2.40. The van der Waals surface area contributed by atoms with Crippen molar-refractivity contribution in [2.75, 3.05) is 39.8 Å². The van der Waals surface area contributed by atoms with Crippen molar-refractivity contribution in [3.05, 3.63) is 22.4 Å². The maximum Gasteiger partial charge on any atom is 0.305 e. The van der Waals surface area contributed by atoms with Crippen LogP contribution < -0.4 is 10.6 Å². The highest BCUT2D eigenvalue weighted by Gasteiger charge is 2.31. The largest absolute Gasteiger partial charge is 0.466 e. The molecule has 2 rings (SSSR count). The van der Waals surface area contributed by atoms with Gasteiger partial charge in [0.25, 0.3) is 0 Å².